The van der Waals surface area contributed by atoms with Crippen LogP contribution < -0.4 is 20.9 Å². The Labute approximate surface area is 433 Å². The molecule has 4 aliphatic heterocycles. The predicted octanol–water partition coefficient (Wildman–Crippen LogP) is 9.40. The standard InChI is InChI=1S/C48H67F2N11O2.C7H4ClNO/c1-8-35(14-13-31-11-9-16-58(25-31)36-26-59(27-36)46-53-23-34(24-54-46)44(63)55-45-47(3,4)29-48(45,5)6)61-40-15-18-57(30(2)62)28-39(40)43(56-61)60-17-10-12-32-19-37(33(21-51)22-52-7)38(42(49)50)20-41(32)60;8-7-3-6(10)2-1-5(7)4-9/h19-24,31,35-36,42,45H,8-18,25-29,51H2,1-7H3,(H,55,63);1-3,10H/b33-21+,52-22?;. The Bertz CT molecular complexity index is 2750. The number of aromatic nitrogens is 4. The van der Waals surface area contributed by atoms with Gasteiger partial charge < -0.3 is 30.9 Å². The summed E-state index contributed by atoms with van der Waals surface area (Å²) in [5.41, 5.74) is 11.6. The molecule has 15 nitrogen and oxygen atoms in total. The molecule has 0 radical (unpaired) electrons. The van der Waals surface area contributed by atoms with E-state index in [9.17, 15) is 18.4 Å². The lowest BCUT2D eigenvalue weighted by Gasteiger charge is -2.57. The molecule has 0 bridgehead atoms. The molecule has 2 saturated heterocycles. The normalized spacial score (nSPS) is 20.3. The molecule has 6 heterocycles. The Hall–Kier alpha value is -6.12. The number of nitrogens with two attached hydrogens (primary N) is 1. The van der Waals surface area contributed by atoms with Gasteiger partial charge in [0.05, 0.1) is 28.7 Å². The maximum atomic E-state index is 14.7. The van der Waals surface area contributed by atoms with Gasteiger partial charge in [-0.05, 0) is 116 Å². The number of nitrogens with one attached hydrogen (secondary N) is 1. The molecule has 0 spiro atoms. The first-order valence-electron chi connectivity index (χ1n) is 25.8. The number of aryl methyl sites for hydroxylation is 1. The summed E-state index contributed by atoms with van der Waals surface area (Å²) in [4.78, 5) is 47.9. The van der Waals surface area contributed by atoms with Crippen molar-refractivity contribution in [1.82, 2.24) is 34.9 Å². The lowest BCUT2D eigenvalue weighted by atomic mass is 9.52. The van der Waals surface area contributed by atoms with Crippen LogP contribution in [0.5, 0.6) is 5.75 Å². The number of alkyl halides is 2. The number of nitrogens with zero attached hydrogens (tertiary/aromatic N) is 10. The zero-order valence-electron chi connectivity index (χ0n) is 43.3. The SMILES string of the molecule is CCC(CCC1CCCN(C2CN(c3ncc(C(=O)NC4C(C)(C)CC4(C)C)cn3)C2)C1)n1nc(N2CCCc3cc(/C(C=NC)=C/N)c(C(F)F)cc32)c2c1CCN(C(C)=O)C2.N#Cc1ccc(O)cc1Cl. The van der Waals surface area contributed by atoms with E-state index in [0.717, 1.165) is 93.0 Å². The number of hydrogen-bond donors (Lipinski definition) is 3. The maximum Gasteiger partial charge on any atom is 0.264 e. The van der Waals surface area contributed by atoms with Gasteiger partial charge in [0.2, 0.25) is 11.9 Å². The quantitative estimate of drug-likeness (QED) is 0.108. The largest absolute Gasteiger partial charge is 0.508 e. The molecule has 18 heteroatoms. The predicted molar refractivity (Wildman–Crippen MR) is 282 cm³/mol. The summed E-state index contributed by atoms with van der Waals surface area (Å²) < 4.78 is 31.7. The fourth-order valence-corrected chi connectivity index (χ4v) is 12.6. The number of piperidine rings is 1. The van der Waals surface area contributed by atoms with Crippen molar-refractivity contribution in [3.8, 4) is 11.8 Å². The second-order valence-electron chi connectivity index (χ2n) is 21.8. The molecule has 1 saturated carbocycles. The van der Waals surface area contributed by atoms with Crippen LogP contribution in [-0.4, -0.2) is 111 Å². The summed E-state index contributed by atoms with van der Waals surface area (Å²) in [5.74, 6) is 2.00. The first-order valence-corrected chi connectivity index (χ1v) is 26.2. The number of carbonyl (C=O) groups is 2. The van der Waals surface area contributed by atoms with E-state index >= 15 is 0 Å². The molecule has 2 amide bonds. The molecule has 5 aliphatic rings. The molecule has 2 unspecified atom stereocenters. The number of carbonyl (C=O) groups excluding carboxylic acids is 2. The summed E-state index contributed by atoms with van der Waals surface area (Å²) in [5, 5.41) is 26.1. The third-order valence-electron chi connectivity index (χ3n) is 15.8. The van der Waals surface area contributed by atoms with E-state index in [0.29, 0.717) is 66.2 Å². The lowest BCUT2D eigenvalue weighted by Crippen LogP contribution is -2.63. The lowest BCUT2D eigenvalue weighted by molar-refractivity contribution is -0.129. The number of allylic oxidation sites excluding steroid dienone is 1. The number of phenolic OH excluding ortho intramolecular Hbond substituents is 1. The van der Waals surface area contributed by atoms with Gasteiger partial charge in [0.25, 0.3) is 12.3 Å². The highest BCUT2D eigenvalue weighted by atomic mass is 35.5. The number of hydrogen-bond acceptors (Lipinski definition) is 12. The number of likely N-dealkylation sites (tertiary alicyclic amines) is 1. The van der Waals surface area contributed by atoms with E-state index < -0.39 is 6.43 Å². The number of anilines is 3. The highest BCUT2D eigenvalue weighted by Gasteiger charge is 2.53. The van der Waals surface area contributed by atoms with Crippen LogP contribution in [0.1, 0.15) is 143 Å². The number of aromatic hydroxyl groups is 1. The molecule has 2 atom stereocenters. The van der Waals surface area contributed by atoms with Crippen molar-refractivity contribution in [2.45, 2.75) is 130 Å². The molecule has 4 N–H and O–H groups in total. The number of nitriles is 1. The van der Waals surface area contributed by atoms with Crippen LogP contribution in [0, 0.1) is 28.1 Å². The van der Waals surface area contributed by atoms with Crippen LogP contribution >= 0.6 is 11.6 Å². The minimum absolute atomic E-state index is 0.0210. The molecule has 9 rings (SSSR count). The minimum atomic E-state index is -2.71. The molecular weight excluding hydrogens is 950 g/mol. The fourth-order valence-electron chi connectivity index (χ4n) is 12.4. The molecule has 2 aromatic carbocycles. The minimum Gasteiger partial charge on any atom is -0.508 e. The van der Waals surface area contributed by atoms with Gasteiger partial charge in [-0.15, -0.1) is 0 Å². The van der Waals surface area contributed by atoms with Crippen molar-refractivity contribution in [3.63, 3.8) is 0 Å². The second kappa shape index (κ2) is 22.2. The van der Waals surface area contributed by atoms with Gasteiger partial charge in [-0.25, -0.2) is 18.7 Å². The summed E-state index contributed by atoms with van der Waals surface area (Å²) in [6, 6.07) is 10.3. The van der Waals surface area contributed by atoms with Crippen LogP contribution in [0.4, 0.5) is 26.2 Å². The molecular formula is C55H71ClF2N12O3. The van der Waals surface area contributed by atoms with Crippen LogP contribution in [0.2, 0.25) is 5.02 Å². The van der Waals surface area contributed by atoms with Gasteiger partial charge in [0.15, 0.2) is 5.82 Å². The van der Waals surface area contributed by atoms with E-state index in [4.69, 9.17) is 32.8 Å². The van der Waals surface area contributed by atoms with Crippen molar-refractivity contribution in [1.29, 1.82) is 5.26 Å². The Morgan fingerprint density at radius 2 is 1.79 bits per heavy atom. The number of benzene rings is 2. The smallest absolute Gasteiger partial charge is 0.264 e. The number of fused-ring (bicyclic) bond motifs is 2. The summed E-state index contributed by atoms with van der Waals surface area (Å²) in [6.07, 6.45) is 12.2. The summed E-state index contributed by atoms with van der Waals surface area (Å²) in [7, 11) is 1.60. The van der Waals surface area contributed by atoms with Crippen molar-refractivity contribution < 1.29 is 23.5 Å². The number of phenols is 1. The fraction of sp³-hybridized carbons (Fsp3) is 0.545. The van der Waals surface area contributed by atoms with Gasteiger partial charge in [-0.1, -0.05) is 46.2 Å². The van der Waals surface area contributed by atoms with Gasteiger partial charge in [-0.3, -0.25) is 24.2 Å². The van der Waals surface area contributed by atoms with E-state index in [1.54, 1.807) is 32.4 Å². The Balaban J connectivity index is 0.000000636. The third-order valence-corrected chi connectivity index (χ3v) is 16.1. The Kier molecular flexibility index (Phi) is 16.1. The van der Waals surface area contributed by atoms with Crippen molar-refractivity contribution >= 4 is 52.7 Å². The monoisotopic (exact) mass is 1020 g/mol. The van der Waals surface area contributed by atoms with Crippen LogP contribution in [0.15, 0.2) is 53.9 Å². The van der Waals surface area contributed by atoms with Crippen LogP contribution in [0.25, 0.3) is 5.57 Å². The molecule has 1 aliphatic carbocycles. The van der Waals surface area contributed by atoms with E-state index in [-0.39, 0.29) is 51.1 Å². The van der Waals surface area contributed by atoms with Crippen LogP contribution in [0.3, 0.4) is 0 Å². The number of amides is 2. The average molecular weight is 1020 g/mol. The second-order valence-corrected chi connectivity index (χ2v) is 22.2. The highest BCUT2D eigenvalue weighted by molar-refractivity contribution is 6.31. The molecule has 2 aromatic heterocycles. The average Bonchev–Trinajstić information content (AvgIpc) is 3.72. The van der Waals surface area contributed by atoms with E-state index in [1.807, 2.05) is 17.0 Å². The first-order chi connectivity index (χ1) is 34.9. The molecule has 390 valence electrons. The van der Waals surface area contributed by atoms with Gasteiger partial charge >= 0.3 is 0 Å². The molecule has 73 heavy (non-hydrogen) atoms. The van der Waals surface area contributed by atoms with E-state index in [2.05, 4.69) is 74.3 Å². The van der Waals surface area contributed by atoms with Crippen molar-refractivity contribution in [2.24, 2.45) is 27.5 Å². The summed E-state index contributed by atoms with van der Waals surface area (Å²) in [6.45, 7) is 18.3. The molecule has 3 fully saturated rings. The topological polar surface area (TPSA) is 185 Å². The van der Waals surface area contributed by atoms with E-state index in [1.165, 1.54) is 43.5 Å². The zero-order valence-corrected chi connectivity index (χ0v) is 44.1. The van der Waals surface area contributed by atoms with Gasteiger partial charge in [-0.2, -0.15) is 10.4 Å². The number of halogens is 3. The maximum absolute atomic E-state index is 14.7. The number of aliphatic imine (C=N–C) groups is 1. The van der Waals surface area contributed by atoms with Crippen molar-refractivity contribution in [3.05, 3.63) is 93.0 Å². The Morgan fingerprint density at radius 3 is 2.42 bits per heavy atom. The Morgan fingerprint density at radius 1 is 1.05 bits per heavy atom. The first kappa shape index (κ1) is 53.2. The summed E-state index contributed by atoms with van der Waals surface area (Å²) >= 11 is 5.55. The van der Waals surface area contributed by atoms with Crippen molar-refractivity contribution in [2.75, 3.05) is 56.1 Å². The zero-order chi connectivity index (χ0) is 52.4. The molecule has 4 aromatic rings. The highest BCUT2D eigenvalue weighted by Crippen LogP contribution is 2.53. The van der Waals surface area contributed by atoms with Gasteiger partial charge in [0.1, 0.15) is 11.8 Å². The third kappa shape index (κ3) is 11.4. The van der Waals surface area contributed by atoms with Crippen LogP contribution in [-0.2, 0) is 24.2 Å². The van der Waals surface area contributed by atoms with Gasteiger partial charge in [0, 0.05) is 118 Å². The number of rotatable bonds is 13.